The molecule has 0 radical (unpaired) electrons. The molecule has 6 heterocycles. The van der Waals surface area contributed by atoms with Gasteiger partial charge in [0, 0.05) is 100 Å². The molecule has 0 aliphatic heterocycles. The van der Waals surface area contributed by atoms with Crippen LogP contribution >= 0.6 is 46.4 Å². The van der Waals surface area contributed by atoms with E-state index in [0.29, 0.717) is 64.7 Å². The zero-order valence-corrected chi connectivity index (χ0v) is 46.4. The van der Waals surface area contributed by atoms with Crippen molar-refractivity contribution in [3.63, 3.8) is 0 Å². The first-order valence-corrected chi connectivity index (χ1v) is 32.4. The average molecular weight is 1080 g/mol. The van der Waals surface area contributed by atoms with Gasteiger partial charge in [0.25, 0.3) is 5.56 Å². The van der Waals surface area contributed by atoms with Crippen molar-refractivity contribution in [2.45, 2.75) is 98.4 Å². The first-order chi connectivity index (χ1) is 33.8. The lowest BCUT2D eigenvalue weighted by molar-refractivity contribution is 0.0898. The third-order valence-electron chi connectivity index (χ3n) is 11.9. The lowest BCUT2D eigenvalue weighted by Gasteiger charge is -2.15. The summed E-state index contributed by atoms with van der Waals surface area (Å²) in [5.41, 5.74) is 6.48. The molecule has 6 aromatic heterocycles. The van der Waals surface area contributed by atoms with Gasteiger partial charge in [-0.15, -0.1) is 0 Å². The number of hydrogen-bond donors (Lipinski definition) is 1. The molecule has 374 valence electrons. The number of nitrogens with zero attached hydrogens (tertiary/aromatic N) is 9. The second-order valence-corrected chi connectivity index (χ2v) is 32.3. The van der Waals surface area contributed by atoms with Crippen molar-refractivity contribution < 1.29 is 18.9 Å². The molecule has 0 amide bonds. The van der Waals surface area contributed by atoms with Crippen LogP contribution in [0.25, 0.3) is 66.1 Å². The summed E-state index contributed by atoms with van der Waals surface area (Å²) in [6.07, 6.45) is 7.73. The van der Waals surface area contributed by atoms with E-state index in [4.69, 9.17) is 65.4 Å². The Balaban J connectivity index is 0.000000197. The molecule has 0 bridgehead atoms. The van der Waals surface area contributed by atoms with Crippen molar-refractivity contribution in [1.29, 1.82) is 0 Å². The third-order valence-corrected chi connectivity index (χ3v) is 16.5. The van der Waals surface area contributed by atoms with Crippen LogP contribution in [0.4, 0.5) is 0 Å². The van der Waals surface area contributed by atoms with Crippen LogP contribution in [0.5, 0.6) is 11.6 Å². The van der Waals surface area contributed by atoms with Crippen molar-refractivity contribution in [2.24, 2.45) is 0 Å². The predicted octanol–water partition coefficient (Wildman–Crippen LogP) is 13.1. The van der Waals surface area contributed by atoms with Crippen LogP contribution in [-0.4, -0.2) is 85.1 Å². The number of fused-ring (bicyclic) bond motifs is 4. The van der Waals surface area contributed by atoms with Gasteiger partial charge in [0.1, 0.15) is 25.8 Å². The van der Waals surface area contributed by atoms with Gasteiger partial charge in [-0.2, -0.15) is 20.2 Å². The molecule has 0 spiro atoms. The maximum Gasteiger partial charge on any atom is 0.261 e. The number of H-pyrrole nitrogens is 1. The topological polar surface area (TPSA) is 154 Å². The highest BCUT2D eigenvalue weighted by Crippen LogP contribution is 2.42. The summed E-state index contributed by atoms with van der Waals surface area (Å²) < 4.78 is 31.0. The highest BCUT2D eigenvalue weighted by atomic mass is 35.5. The van der Waals surface area contributed by atoms with E-state index in [1.165, 1.54) is 0 Å². The second-order valence-electron chi connectivity index (χ2n) is 19.6. The van der Waals surface area contributed by atoms with Gasteiger partial charge in [-0.05, 0) is 79.0 Å². The van der Waals surface area contributed by atoms with E-state index in [9.17, 15) is 4.79 Å². The number of rotatable bonds is 18. The largest absolute Gasteiger partial charge is 0.497 e. The Labute approximate surface area is 433 Å². The Morgan fingerprint density at radius 2 is 1.13 bits per heavy atom. The average Bonchev–Trinajstić information content (AvgIpc) is 4.12. The third kappa shape index (κ3) is 12.0. The van der Waals surface area contributed by atoms with Crippen molar-refractivity contribution in [1.82, 2.24) is 48.6 Å². The van der Waals surface area contributed by atoms with Crippen molar-refractivity contribution in [2.75, 3.05) is 20.3 Å². The fraction of sp³-hybridized carbons (Fsp3) is 0.360. The number of benzene rings is 3. The maximum absolute atomic E-state index is 12.8. The van der Waals surface area contributed by atoms with Crippen molar-refractivity contribution in [3.05, 3.63) is 110 Å². The van der Waals surface area contributed by atoms with E-state index in [-0.39, 0.29) is 22.9 Å². The smallest absolute Gasteiger partial charge is 0.261 e. The van der Waals surface area contributed by atoms with Gasteiger partial charge in [-0.1, -0.05) is 86.7 Å². The highest BCUT2D eigenvalue weighted by molar-refractivity contribution is 6.76. The Morgan fingerprint density at radius 3 is 1.62 bits per heavy atom. The molecule has 0 saturated heterocycles. The van der Waals surface area contributed by atoms with Gasteiger partial charge in [-0.25, -0.2) is 4.98 Å². The summed E-state index contributed by atoms with van der Waals surface area (Å²) in [6, 6.07) is 17.6. The molecule has 15 nitrogen and oxygen atoms in total. The van der Waals surface area contributed by atoms with Gasteiger partial charge >= 0.3 is 0 Å². The Morgan fingerprint density at radius 1 is 0.620 bits per heavy atom. The first kappa shape index (κ1) is 52.1. The number of ether oxygens (including phenoxy) is 4. The van der Waals surface area contributed by atoms with E-state index in [1.54, 1.807) is 7.11 Å². The number of aromatic amines is 1. The fourth-order valence-corrected chi connectivity index (χ4v) is 10.4. The van der Waals surface area contributed by atoms with Crippen LogP contribution in [0.1, 0.15) is 19.4 Å². The molecule has 0 unspecified atom stereocenters. The van der Waals surface area contributed by atoms with Gasteiger partial charge in [0.05, 0.1) is 39.0 Å². The lowest BCUT2D eigenvalue weighted by atomic mass is 10.0. The Bertz CT molecular complexity index is 3410. The van der Waals surface area contributed by atoms with Gasteiger partial charge in [-0.3, -0.25) is 19.1 Å². The van der Waals surface area contributed by atoms with E-state index in [0.717, 1.165) is 80.4 Å². The number of aromatic nitrogens is 10. The molecule has 9 rings (SSSR count). The van der Waals surface area contributed by atoms with Crippen LogP contribution in [-0.2, 0) is 42.6 Å². The summed E-state index contributed by atoms with van der Waals surface area (Å²) in [6.45, 7) is 21.7. The molecular formula is C50H58Cl4N10O5Si2. The van der Waals surface area contributed by atoms with Crippen LogP contribution in [0.2, 0.25) is 72.0 Å². The zero-order valence-electron chi connectivity index (χ0n) is 41.4. The molecule has 0 aliphatic carbocycles. The fourth-order valence-electron chi connectivity index (χ4n) is 7.92. The molecule has 0 saturated carbocycles. The SMILES string of the molecule is CCn1cc2c(Cl)c(-c3cn(COCC[Si](C)(C)C)c4nc(Cl)[nH]c(=O)c34)ccc2n1.CCn1cc2c(Cl)c(-c3cn(COCC[Si](C)(C)C)c4nc(Cl)nc(OCc5ccc(OC)cc5)c34)ccc2n1. The minimum atomic E-state index is -1.23. The molecule has 1 N–H and O–H groups in total. The molecule has 0 fully saturated rings. The first-order valence-electron chi connectivity index (χ1n) is 23.4. The standard InChI is InChI=1S/C29H33Cl2N5O3Si.C21H25Cl2N5O2Si/c1-6-36-16-23-24(34-36)12-11-21(26(23)30)22-15-35(18-38-13-14-40(3,4)5)27-25(22)28(33-29(31)32-27)39-17-19-7-9-20(37-2)10-8-19;1-5-28-11-15-16(26-28)7-6-13(18(15)22)14-10-27(12-30-8-9-31(2,3)4)19-17(14)20(29)25-21(23)24-19/h7-12,15-16H,6,13-14,17-18H2,1-5H3;6-7,10-11H,5,8-9,12H2,1-4H3,(H,24,25,29). The summed E-state index contributed by atoms with van der Waals surface area (Å²) in [7, 11) is -0.792. The molecular weight excluding hydrogens is 1020 g/mol. The van der Waals surface area contributed by atoms with Gasteiger partial charge in [0.15, 0.2) is 11.3 Å². The highest BCUT2D eigenvalue weighted by Gasteiger charge is 2.24. The number of aryl methyl sites for hydroxylation is 2. The van der Waals surface area contributed by atoms with Crippen LogP contribution < -0.4 is 15.0 Å². The molecule has 21 heteroatoms. The summed E-state index contributed by atoms with van der Waals surface area (Å²) in [5.74, 6) is 1.16. The summed E-state index contributed by atoms with van der Waals surface area (Å²) in [5, 5.41) is 13.3. The van der Waals surface area contributed by atoms with Gasteiger partial charge in [0.2, 0.25) is 16.4 Å². The monoisotopic (exact) mass is 1070 g/mol. The second kappa shape index (κ2) is 21.8. The molecule has 9 aromatic rings. The van der Waals surface area contributed by atoms with Crippen molar-refractivity contribution >= 4 is 106 Å². The summed E-state index contributed by atoms with van der Waals surface area (Å²) in [4.78, 5) is 28.8. The lowest BCUT2D eigenvalue weighted by Crippen LogP contribution is -2.22. The normalized spacial score (nSPS) is 12.1. The van der Waals surface area contributed by atoms with E-state index in [2.05, 4.69) is 69.4 Å². The van der Waals surface area contributed by atoms with Crippen LogP contribution in [0.15, 0.2) is 78.1 Å². The molecule has 0 atom stereocenters. The number of methoxy groups -OCH3 is 1. The predicted molar refractivity (Wildman–Crippen MR) is 292 cm³/mol. The number of hydrogen-bond acceptors (Lipinski definition) is 10. The zero-order chi connectivity index (χ0) is 50.8. The number of nitrogens with one attached hydrogen (secondary N) is 1. The number of halogens is 4. The quantitative estimate of drug-likeness (QED) is 0.0499. The van der Waals surface area contributed by atoms with Crippen LogP contribution in [0, 0.1) is 0 Å². The van der Waals surface area contributed by atoms with Gasteiger partial charge < -0.3 is 28.1 Å². The molecule has 71 heavy (non-hydrogen) atoms. The Kier molecular flexibility index (Phi) is 16.0. The van der Waals surface area contributed by atoms with Crippen molar-refractivity contribution in [3.8, 4) is 33.9 Å². The maximum atomic E-state index is 12.8. The minimum absolute atomic E-state index is 0.0382. The van der Waals surface area contributed by atoms with E-state index < -0.39 is 16.1 Å². The van der Waals surface area contributed by atoms with Crippen LogP contribution in [0.3, 0.4) is 0 Å². The van der Waals surface area contributed by atoms with E-state index >= 15 is 0 Å². The molecule has 0 aliphatic rings. The summed E-state index contributed by atoms with van der Waals surface area (Å²) >= 11 is 26.2. The Hall–Kier alpha value is -5.25. The van der Waals surface area contributed by atoms with E-state index in [1.807, 2.05) is 106 Å². The molecule has 3 aromatic carbocycles. The minimum Gasteiger partial charge on any atom is -0.497 e.